The molecular formula is C15H28N4OS. The number of nitrogens with one attached hydrogen (secondary N) is 3. The molecule has 5 nitrogen and oxygen atoms in total. The number of rotatable bonds is 7. The molecule has 0 saturated heterocycles. The van der Waals surface area contributed by atoms with Crippen LogP contribution in [-0.4, -0.2) is 49.0 Å². The maximum absolute atomic E-state index is 11.6. The zero-order valence-electron chi connectivity index (χ0n) is 13.2. The largest absolute Gasteiger partial charge is 0.356 e. The van der Waals surface area contributed by atoms with Crippen molar-refractivity contribution in [2.75, 3.05) is 19.8 Å². The minimum absolute atomic E-state index is 0.181. The van der Waals surface area contributed by atoms with E-state index in [-0.39, 0.29) is 5.91 Å². The topological polar surface area (TPSA) is 65.5 Å². The third kappa shape index (κ3) is 6.16. The van der Waals surface area contributed by atoms with Gasteiger partial charge in [-0.1, -0.05) is 0 Å². The van der Waals surface area contributed by atoms with E-state index < -0.39 is 0 Å². The summed E-state index contributed by atoms with van der Waals surface area (Å²) in [6.45, 7) is 0.788. The van der Waals surface area contributed by atoms with Crippen LogP contribution in [0.15, 0.2) is 4.99 Å². The molecule has 0 bridgehead atoms. The Balaban J connectivity index is 1.56. The molecule has 0 aromatic rings. The van der Waals surface area contributed by atoms with E-state index in [4.69, 9.17) is 0 Å². The summed E-state index contributed by atoms with van der Waals surface area (Å²) in [5, 5.41) is 10.6. The van der Waals surface area contributed by atoms with Crippen LogP contribution in [0.5, 0.6) is 0 Å². The molecule has 0 spiro atoms. The minimum atomic E-state index is 0.181. The fourth-order valence-electron chi connectivity index (χ4n) is 2.66. The smallest absolute Gasteiger partial charge is 0.220 e. The first-order valence-corrected chi connectivity index (χ1v) is 9.29. The van der Waals surface area contributed by atoms with Crippen molar-refractivity contribution < 1.29 is 4.79 Å². The molecule has 1 amide bonds. The lowest BCUT2D eigenvalue weighted by molar-refractivity contribution is -0.121. The number of amides is 1. The van der Waals surface area contributed by atoms with Gasteiger partial charge in [-0.05, 0) is 44.8 Å². The molecular weight excluding hydrogens is 284 g/mol. The SMILES string of the molecule is CN=C(NCCCC(=O)NC1CC1)NC1CCC(SC)C1. The molecule has 0 heterocycles. The predicted molar refractivity (Wildman–Crippen MR) is 89.8 cm³/mol. The monoisotopic (exact) mass is 312 g/mol. The maximum atomic E-state index is 11.6. The van der Waals surface area contributed by atoms with Crippen LogP contribution in [0.25, 0.3) is 0 Å². The average Bonchev–Trinajstić information content (AvgIpc) is 3.17. The first-order chi connectivity index (χ1) is 10.2. The van der Waals surface area contributed by atoms with Crippen LogP contribution in [0, 0.1) is 0 Å². The van der Waals surface area contributed by atoms with E-state index in [0.717, 1.165) is 37.0 Å². The highest BCUT2D eigenvalue weighted by molar-refractivity contribution is 7.99. The van der Waals surface area contributed by atoms with Crippen molar-refractivity contribution in [2.24, 2.45) is 4.99 Å². The van der Waals surface area contributed by atoms with Crippen molar-refractivity contribution in [2.45, 2.75) is 62.3 Å². The van der Waals surface area contributed by atoms with Crippen LogP contribution in [0.3, 0.4) is 0 Å². The fraction of sp³-hybridized carbons (Fsp3) is 0.867. The van der Waals surface area contributed by atoms with E-state index >= 15 is 0 Å². The van der Waals surface area contributed by atoms with Crippen LogP contribution in [0.4, 0.5) is 0 Å². The minimum Gasteiger partial charge on any atom is -0.356 e. The Hall–Kier alpha value is -0.910. The summed E-state index contributed by atoms with van der Waals surface area (Å²) in [5.74, 6) is 1.05. The summed E-state index contributed by atoms with van der Waals surface area (Å²) in [7, 11) is 1.80. The van der Waals surface area contributed by atoms with Crippen LogP contribution in [0.1, 0.15) is 44.9 Å². The molecule has 0 aromatic heterocycles. The Bertz CT molecular complexity index is 371. The molecule has 0 radical (unpaired) electrons. The first-order valence-electron chi connectivity index (χ1n) is 8.00. The molecule has 2 aliphatic carbocycles. The van der Waals surface area contributed by atoms with Crippen molar-refractivity contribution in [3.8, 4) is 0 Å². The van der Waals surface area contributed by atoms with Gasteiger partial charge in [0.2, 0.25) is 5.91 Å². The molecule has 2 fully saturated rings. The van der Waals surface area contributed by atoms with Gasteiger partial charge >= 0.3 is 0 Å². The van der Waals surface area contributed by atoms with Crippen LogP contribution in [-0.2, 0) is 4.79 Å². The Morgan fingerprint density at radius 1 is 1.19 bits per heavy atom. The van der Waals surface area contributed by atoms with Crippen molar-refractivity contribution in [3.63, 3.8) is 0 Å². The Morgan fingerprint density at radius 3 is 2.57 bits per heavy atom. The second-order valence-corrected chi connectivity index (χ2v) is 7.09. The maximum Gasteiger partial charge on any atom is 0.220 e. The van der Waals surface area contributed by atoms with E-state index in [0.29, 0.717) is 18.5 Å². The molecule has 6 heteroatoms. The van der Waals surface area contributed by atoms with Gasteiger partial charge in [0.15, 0.2) is 5.96 Å². The summed E-state index contributed by atoms with van der Waals surface area (Å²) in [4.78, 5) is 15.8. The van der Waals surface area contributed by atoms with Crippen LogP contribution < -0.4 is 16.0 Å². The number of nitrogens with zero attached hydrogens (tertiary/aromatic N) is 1. The highest BCUT2D eigenvalue weighted by Crippen LogP contribution is 2.27. The van der Waals surface area contributed by atoms with Gasteiger partial charge in [0.1, 0.15) is 0 Å². The number of carbonyl (C=O) groups is 1. The third-order valence-electron chi connectivity index (χ3n) is 4.10. The molecule has 2 saturated carbocycles. The number of carbonyl (C=O) groups excluding carboxylic acids is 1. The second-order valence-electron chi connectivity index (χ2n) is 5.96. The molecule has 21 heavy (non-hydrogen) atoms. The number of hydrogen-bond acceptors (Lipinski definition) is 3. The third-order valence-corrected chi connectivity index (χ3v) is 5.19. The molecule has 2 rings (SSSR count). The van der Waals surface area contributed by atoms with Gasteiger partial charge < -0.3 is 16.0 Å². The van der Waals surface area contributed by atoms with Gasteiger partial charge in [0.05, 0.1) is 0 Å². The Morgan fingerprint density at radius 2 is 1.95 bits per heavy atom. The van der Waals surface area contributed by atoms with Crippen molar-refractivity contribution in [3.05, 3.63) is 0 Å². The zero-order chi connectivity index (χ0) is 15.1. The summed E-state index contributed by atoms with van der Waals surface area (Å²) in [5.41, 5.74) is 0. The number of thioether (sulfide) groups is 1. The second kappa shape index (κ2) is 8.51. The summed E-state index contributed by atoms with van der Waals surface area (Å²) in [6, 6.07) is 0.999. The number of aliphatic imine (C=N–C) groups is 1. The van der Waals surface area contributed by atoms with Crippen molar-refractivity contribution in [1.29, 1.82) is 0 Å². The fourth-order valence-corrected chi connectivity index (χ4v) is 3.45. The average molecular weight is 312 g/mol. The Kier molecular flexibility index (Phi) is 6.67. The van der Waals surface area contributed by atoms with E-state index in [2.05, 4.69) is 27.2 Å². The molecule has 2 aliphatic rings. The molecule has 0 aliphatic heterocycles. The summed E-state index contributed by atoms with van der Waals surface area (Å²) < 4.78 is 0. The summed E-state index contributed by atoms with van der Waals surface area (Å²) in [6.07, 6.45) is 9.65. The lowest BCUT2D eigenvalue weighted by Gasteiger charge is -2.17. The molecule has 2 atom stereocenters. The van der Waals surface area contributed by atoms with Gasteiger partial charge in [0, 0.05) is 37.3 Å². The molecule has 0 aromatic carbocycles. The van der Waals surface area contributed by atoms with Gasteiger partial charge in [-0.2, -0.15) is 11.8 Å². The highest BCUT2D eigenvalue weighted by atomic mass is 32.2. The molecule has 2 unspecified atom stereocenters. The Labute approximate surface area is 132 Å². The van der Waals surface area contributed by atoms with Crippen LogP contribution >= 0.6 is 11.8 Å². The van der Waals surface area contributed by atoms with E-state index in [1.807, 2.05) is 11.8 Å². The van der Waals surface area contributed by atoms with Gasteiger partial charge in [-0.25, -0.2) is 0 Å². The van der Waals surface area contributed by atoms with E-state index in [9.17, 15) is 4.79 Å². The van der Waals surface area contributed by atoms with Crippen molar-refractivity contribution in [1.82, 2.24) is 16.0 Å². The quantitative estimate of drug-likeness (QED) is 0.379. The van der Waals surface area contributed by atoms with Gasteiger partial charge in [-0.15, -0.1) is 0 Å². The van der Waals surface area contributed by atoms with E-state index in [1.165, 1.54) is 19.3 Å². The molecule has 120 valence electrons. The van der Waals surface area contributed by atoms with Gasteiger partial charge in [0.25, 0.3) is 0 Å². The first kappa shape index (κ1) is 16.5. The summed E-state index contributed by atoms with van der Waals surface area (Å²) >= 11 is 1.96. The standard InChI is InChI=1S/C15H28N4OS/c1-16-15(19-12-7-8-13(10-12)21-2)17-9-3-4-14(20)18-11-5-6-11/h11-13H,3-10H2,1-2H3,(H,18,20)(H2,16,17,19). The normalized spacial score (nSPS) is 25.7. The number of hydrogen-bond donors (Lipinski definition) is 3. The lowest BCUT2D eigenvalue weighted by atomic mass is 10.2. The highest BCUT2D eigenvalue weighted by Gasteiger charge is 2.24. The van der Waals surface area contributed by atoms with Crippen LogP contribution in [0.2, 0.25) is 0 Å². The van der Waals surface area contributed by atoms with Crippen molar-refractivity contribution >= 4 is 23.6 Å². The lowest BCUT2D eigenvalue weighted by Crippen LogP contribution is -2.43. The zero-order valence-corrected chi connectivity index (χ0v) is 14.0. The van der Waals surface area contributed by atoms with Gasteiger partial charge in [-0.3, -0.25) is 9.79 Å². The predicted octanol–water partition coefficient (Wildman–Crippen LogP) is 1.49. The molecule has 3 N–H and O–H groups in total. The van der Waals surface area contributed by atoms with E-state index in [1.54, 1.807) is 7.05 Å². The number of guanidine groups is 1.